The Balaban J connectivity index is 1.64. The predicted molar refractivity (Wildman–Crippen MR) is 112 cm³/mol. The normalized spacial score (nSPS) is 10.6. The molecule has 144 valence electrons. The van der Waals surface area contributed by atoms with Gasteiger partial charge in [-0.25, -0.2) is 0 Å². The molecular formula is C18H15Cl2N5O2S. The molecule has 3 rings (SSSR count). The Hall–Kier alpha value is -2.55. The van der Waals surface area contributed by atoms with Gasteiger partial charge in [-0.2, -0.15) is 4.68 Å². The lowest BCUT2D eigenvalue weighted by molar-refractivity contribution is -0.113. The summed E-state index contributed by atoms with van der Waals surface area (Å²) < 4.78 is 0.905. The average Bonchev–Trinajstić information content (AvgIpc) is 2.68. The monoisotopic (exact) mass is 435 g/mol. The van der Waals surface area contributed by atoms with E-state index in [0.29, 0.717) is 22.2 Å². The summed E-state index contributed by atoms with van der Waals surface area (Å²) in [4.78, 5) is 24.5. The lowest BCUT2D eigenvalue weighted by Crippen LogP contribution is -2.34. The molecule has 3 N–H and O–H groups in total. The SMILES string of the molecule is Nn1c(SCC(=O)Nc2ccc(Cl)c(Cl)c2)nnc(Cc2ccccc2)c1=O. The highest BCUT2D eigenvalue weighted by Crippen LogP contribution is 2.25. The summed E-state index contributed by atoms with van der Waals surface area (Å²) in [6, 6.07) is 14.2. The van der Waals surface area contributed by atoms with Crippen LogP contribution in [0.15, 0.2) is 58.5 Å². The molecule has 2 aromatic carbocycles. The molecule has 1 heterocycles. The van der Waals surface area contributed by atoms with E-state index in [1.807, 2.05) is 30.3 Å². The van der Waals surface area contributed by atoms with Crippen molar-refractivity contribution < 1.29 is 4.79 Å². The van der Waals surface area contributed by atoms with E-state index in [-0.39, 0.29) is 22.5 Å². The third-order valence-electron chi connectivity index (χ3n) is 3.68. The number of thioether (sulfide) groups is 1. The van der Waals surface area contributed by atoms with Gasteiger partial charge in [-0.3, -0.25) is 9.59 Å². The van der Waals surface area contributed by atoms with E-state index >= 15 is 0 Å². The van der Waals surface area contributed by atoms with Crippen molar-refractivity contribution in [3.05, 3.63) is 80.2 Å². The van der Waals surface area contributed by atoms with Crippen molar-refractivity contribution in [3.8, 4) is 0 Å². The van der Waals surface area contributed by atoms with Crippen LogP contribution in [0.1, 0.15) is 11.3 Å². The molecule has 0 atom stereocenters. The summed E-state index contributed by atoms with van der Waals surface area (Å²) >= 11 is 12.8. The number of benzene rings is 2. The first-order valence-corrected chi connectivity index (χ1v) is 9.83. The smallest absolute Gasteiger partial charge is 0.294 e. The fourth-order valence-corrected chi connectivity index (χ4v) is 3.27. The summed E-state index contributed by atoms with van der Waals surface area (Å²) in [5, 5.41) is 11.5. The Morgan fingerprint density at radius 1 is 1.11 bits per heavy atom. The summed E-state index contributed by atoms with van der Waals surface area (Å²) in [5.74, 6) is 5.51. The van der Waals surface area contributed by atoms with E-state index in [1.165, 1.54) is 0 Å². The van der Waals surface area contributed by atoms with Crippen molar-refractivity contribution in [1.29, 1.82) is 0 Å². The summed E-state index contributed by atoms with van der Waals surface area (Å²) in [6.45, 7) is 0. The van der Waals surface area contributed by atoms with E-state index in [0.717, 1.165) is 22.0 Å². The Labute approximate surface area is 174 Å². The van der Waals surface area contributed by atoms with Gasteiger partial charge < -0.3 is 11.2 Å². The van der Waals surface area contributed by atoms with Crippen molar-refractivity contribution in [1.82, 2.24) is 14.9 Å². The maximum atomic E-state index is 12.4. The van der Waals surface area contributed by atoms with Gasteiger partial charge in [0.25, 0.3) is 5.56 Å². The van der Waals surface area contributed by atoms with E-state index in [1.54, 1.807) is 18.2 Å². The molecule has 10 heteroatoms. The molecule has 0 saturated carbocycles. The zero-order valence-electron chi connectivity index (χ0n) is 14.4. The minimum atomic E-state index is -0.453. The van der Waals surface area contributed by atoms with Crippen LogP contribution < -0.4 is 16.7 Å². The number of aromatic nitrogens is 3. The molecule has 7 nitrogen and oxygen atoms in total. The number of nitrogens with one attached hydrogen (secondary N) is 1. The third-order valence-corrected chi connectivity index (χ3v) is 5.36. The first kappa shape index (κ1) is 20.2. The molecule has 0 aliphatic heterocycles. The zero-order chi connectivity index (χ0) is 20.1. The zero-order valence-corrected chi connectivity index (χ0v) is 16.8. The largest absolute Gasteiger partial charge is 0.334 e. The Morgan fingerprint density at radius 3 is 2.57 bits per heavy atom. The van der Waals surface area contributed by atoms with Gasteiger partial charge in [0.05, 0.1) is 15.8 Å². The number of halogens is 2. The average molecular weight is 436 g/mol. The van der Waals surface area contributed by atoms with Crippen molar-refractivity contribution in [2.24, 2.45) is 0 Å². The number of rotatable bonds is 6. The number of nitrogen functional groups attached to an aromatic ring is 1. The van der Waals surface area contributed by atoms with Crippen LogP contribution in [-0.2, 0) is 11.2 Å². The molecule has 0 unspecified atom stereocenters. The maximum absolute atomic E-state index is 12.4. The van der Waals surface area contributed by atoms with Gasteiger partial charge in [0, 0.05) is 12.1 Å². The number of hydrogen-bond donors (Lipinski definition) is 2. The second-order valence-electron chi connectivity index (χ2n) is 5.73. The number of carbonyl (C=O) groups is 1. The molecule has 28 heavy (non-hydrogen) atoms. The second kappa shape index (κ2) is 9.09. The maximum Gasteiger partial charge on any atom is 0.294 e. The Bertz CT molecular complexity index is 1060. The van der Waals surface area contributed by atoms with Crippen LogP contribution in [0.25, 0.3) is 0 Å². The van der Waals surface area contributed by atoms with Gasteiger partial charge in [-0.05, 0) is 23.8 Å². The van der Waals surface area contributed by atoms with Gasteiger partial charge in [-0.15, -0.1) is 10.2 Å². The van der Waals surface area contributed by atoms with Crippen LogP contribution in [0.2, 0.25) is 10.0 Å². The molecule has 3 aromatic rings. The first-order valence-electron chi connectivity index (χ1n) is 8.09. The second-order valence-corrected chi connectivity index (χ2v) is 7.49. The molecular weight excluding hydrogens is 421 g/mol. The molecule has 0 radical (unpaired) electrons. The quantitative estimate of drug-likeness (QED) is 0.455. The minimum Gasteiger partial charge on any atom is -0.334 e. The van der Waals surface area contributed by atoms with Crippen LogP contribution >= 0.6 is 35.0 Å². The van der Waals surface area contributed by atoms with Crippen LogP contribution in [0.3, 0.4) is 0 Å². The molecule has 0 saturated heterocycles. The lowest BCUT2D eigenvalue weighted by atomic mass is 10.1. The summed E-state index contributed by atoms with van der Waals surface area (Å²) in [6.07, 6.45) is 0.326. The van der Waals surface area contributed by atoms with Crippen molar-refractivity contribution in [3.63, 3.8) is 0 Å². The van der Waals surface area contributed by atoms with Gasteiger partial charge in [0.2, 0.25) is 11.1 Å². The molecule has 0 spiro atoms. The topological polar surface area (TPSA) is 103 Å². The number of hydrogen-bond acceptors (Lipinski definition) is 6. The summed E-state index contributed by atoms with van der Waals surface area (Å²) in [7, 11) is 0. The predicted octanol–water partition coefficient (Wildman–Crippen LogP) is 2.98. The molecule has 0 bridgehead atoms. The fraction of sp³-hybridized carbons (Fsp3) is 0.111. The highest BCUT2D eigenvalue weighted by atomic mass is 35.5. The molecule has 0 aliphatic carbocycles. The van der Waals surface area contributed by atoms with Crippen LogP contribution in [-0.4, -0.2) is 26.5 Å². The Morgan fingerprint density at radius 2 is 1.86 bits per heavy atom. The van der Waals surface area contributed by atoms with Crippen LogP contribution in [0.4, 0.5) is 5.69 Å². The van der Waals surface area contributed by atoms with Gasteiger partial charge in [0.1, 0.15) is 5.69 Å². The van der Waals surface area contributed by atoms with Crippen molar-refractivity contribution in [2.45, 2.75) is 11.6 Å². The van der Waals surface area contributed by atoms with Gasteiger partial charge >= 0.3 is 0 Å². The van der Waals surface area contributed by atoms with E-state index in [9.17, 15) is 9.59 Å². The van der Waals surface area contributed by atoms with Gasteiger partial charge in [0.15, 0.2) is 0 Å². The third kappa shape index (κ3) is 5.03. The van der Waals surface area contributed by atoms with E-state index in [2.05, 4.69) is 15.5 Å². The Kier molecular flexibility index (Phi) is 6.56. The molecule has 1 aromatic heterocycles. The summed E-state index contributed by atoms with van der Waals surface area (Å²) in [5.41, 5.74) is 1.22. The number of nitrogens with two attached hydrogens (primary N) is 1. The molecule has 1 amide bonds. The van der Waals surface area contributed by atoms with Crippen LogP contribution in [0, 0.1) is 0 Å². The fourth-order valence-electron chi connectivity index (χ4n) is 2.32. The number of nitrogens with zero attached hydrogens (tertiary/aromatic N) is 3. The highest BCUT2D eigenvalue weighted by molar-refractivity contribution is 7.99. The van der Waals surface area contributed by atoms with Crippen LogP contribution in [0.5, 0.6) is 0 Å². The number of amides is 1. The first-order chi connectivity index (χ1) is 13.4. The number of anilines is 1. The van der Waals surface area contributed by atoms with Crippen molar-refractivity contribution >= 4 is 46.6 Å². The minimum absolute atomic E-state index is 0.0103. The number of carbonyl (C=O) groups excluding carboxylic acids is 1. The van der Waals surface area contributed by atoms with E-state index in [4.69, 9.17) is 29.0 Å². The molecule has 0 aliphatic rings. The lowest BCUT2D eigenvalue weighted by Gasteiger charge is -2.08. The molecule has 0 fully saturated rings. The van der Waals surface area contributed by atoms with E-state index < -0.39 is 5.56 Å². The van der Waals surface area contributed by atoms with Gasteiger partial charge in [-0.1, -0.05) is 65.3 Å². The standard InChI is InChI=1S/C18H15Cl2N5O2S/c19-13-7-6-12(9-14(13)20)22-16(26)10-28-18-24-23-15(17(27)25(18)21)8-11-4-2-1-3-5-11/h1-7,9H,8,10,21H2,(H,22,26). The highest BCUT2D eigenvalue weighted by Gasteiger charge is 2.13. The van der Waals surface area contributed by atoms with Crippen molar-refractivity contribution in [2.75, 3.05) is 16.9 Å².